The lowest BCUT2D eigenvalue weighted by molar-refractivity contribution is -0.160. The Morgan fingerprint density at radius 3 is 2.35 bits per heavy atom. The third-order valence-corrected chi connectivity index (χ3v) is 6.60. The second kappa shape index (κ2) is 4.16. The molecule has 2 fully saturated rings. The highest BCUT2D eigenvalue weighted by atomic mass is 32.2. The number of hydrogen-bond donors (Lipinski definition) is 3. The number of carboxylic acid groups (broad SMARTS) is 2. The molecule has 0 unspecified atom stereocenters. The van der Waals surface area contributed by atoms with E-state index in [1.165, 1.54) is 13.8 Å². The molecular formula is C10H14N2O7S. The Balaban J connectivity index is 2.37. The fourth-order valence-corrected chi connectivity index (χ4v) is 4.94. The van der Waals surface area contributed by atoms with Gasteiger partial charge in [0, 0.05) is 0 Å². The van der Waals surface area contributed by atoms with Crippen molar-refractivity contribution in [2.75, 3.05) is 6.54 Å². The molecule has 0 bridgehead atoms. The van der Waals surface area contributed by atoms with Gasteiger partial charge in [-0.15, -0.1) is 0 Å². The molecule has 10 heteroatoms. The Kier molecular flexibility index (Phi) is 3.06. The Labute approximate surface area is 114 Å². The standard InChI is InChI=1S/C10H14N2O7S/c1-10(2)6(9(16)17)12-7(15)5(11-3-4(13)14)8(12)20(10,18)19/h5-6,8,11H,3H2,1-2H3,(H,13,14)(H,16,17)/t5-,6+,8-/m1/s1. The number of fused-ring (bicyclic) bond motifs is 1. The molecule has 0 aliphatic carbocycles. The minimum Gasteiger partial charge on any atom is -0.480 e. The van der Waals surface area contributed by atoms with Crippen LogP contribution in [0.15, 0.2) is 0 Å². The van der Waals surface area contributed by atoms with Crippen molar-refractivity contribution in [3.63, 3.8) is 0 Å². The van der Waals surface area contributed by atoms with Crippen molar-refractivity contribution in [1.29, 1.82) is 0 Å². The number of rotatable bonds is 4. The van der Waals surface area contributed by atoms with Crippen molar-refractivity contribution in [2.24, 2.45) is 0 Å². The molecule has 0 saturated carbocycles. The topological polar surface area (TPSA) is 141 Å². The van der Waals surface area contributed by atoms with Crippen LogP contribution in [0.5, 0.6) is 0 Å². The first kappa shape index (κ1) is 14.7. The normalized spacial score (nSPS) is 33.4. The summed E-state index contributed by atoms with van der Waals surface area (Å²) in [5.41, 5.74) is 0. The quantitative estimate of drug-likeness (QED) is 0.500. The molecule has 0 aromatic heterocycles. The molecule has 2 heterocycles. The van der Waals surface area contributed by atoms with Crippen molar-refractivity contribution in [3.05, 3.63) is 0 Å². The fourth-order valence-electron chi connectivity index (χ4n) is 2.69. The number of nitrogens with one attached hydrogen (secondary N) is 1. The van der Waals surface area contributed by atoms with Gasteiger partial charge >= 0.3 is 11.9 Å². The molecule has 2 aliphatic heterocycles. The third-order valence-electron chi connectivity index (χ3n) is 3.77. The molecule has 0 aromatic carbocycles. The van der Waals surface area contributed by atoms with Crippen LogP contribution < -0.4 is 5.32 Å². The van der Waals surface area contributed by atoms with E-state index in [4.69, 9.17) is 10.2 Å². The first-order chi connectivity index (χ1) is 9.03. The highest BCUT2D eigenvalue weighted by molar-refractivity contribution is 7.94. The van der Waals surface area contributed by atoms with Crippen LogP contribution in [0, 0.1) is 0 Å². The Hall–Kier alpha value is -1.68. The van der Waals surface area contributed by atoms with Crippen molar-refractivity contribution >= 4 is 27.7 Å². The van der Waals surface area contributed by atoms with Crippen LogP contribution in [0.3, 0.4) is 0 Å². The molecule has 2 aliphatic rings. The van der Waals surface area contributed by atoms with Crippen molar-refractivity contribution < 1.29 is 33.0 Å². The molecule has 1 amide bonds. The van der Waals surface area contributed by atoms with Gasteiger partial charge in [0.05, 0.1) is 6.54 Å². The number of carbonyl (C=O) groups is 3. The van der Waals surface area contributed by atoms with Crippen molar-refractivity contribution in [1.82, 2.24) is 10.2 Å². The number of carboxylic acids is 2. The van der Waals surface area contributed by atoms with E-state index in [9.17, 15) is 22.8 Å². The molecule has 2 saturated heterocycles. The van der Waals surface area contributed by atoms with E-state index < -0.39 is 56.4 Å². The Morgan fingerprint density at radius 2 is 1.90 bits per heavy atom. The van der Waals surface area contributed by atoms with Crippen LogP contribution in [-0.4, -0.2) is 70.1 Å². The lowest BCUT2D eigenvalue weighted by Crippen LogP contribution is -2.71. The van der Waals surface area contributed by atoms with E-state index in [1.807, 2.05) is 0 Å². The fraction of sp³-hybridized carbons (Fsp3) is 0.700. The van der Waals surface area contributed by atoms with Gasteiger partial charge < -0.3 is 15.1 Å². The van der Waals surface area contributed by atoms with Gasteiger partial charge in [-0.25, -0.2) is 13.2 Å². The first-order valence-electron chi connectivity index (χ1n) is 5.77. The number of hydrogen-bond acceptors (Lipinski definition) is 6. The minimum atomic E-state index is -3.92. The van der Waals surface area contributed by atoms with Crippen molar-refractivity contribution in [2.45, 2.75) is 36.1 Å². The predicted molar refractivity (Wildman–Crippen MR) is 64.5 cm³/mol. The predicted octanol–water partition coefficient (Wildman–Crippen LogP) is -2.14. The average Bonchev–Trinajstić information content (AvgIpc) is 2.42. The Bertz CT molecular complexity index is 597. The van der Waals surface area contributed by atoms with Gasteiger partial charge in [-0.05, 0) is 13.8 Å². The summed E-state index contributed by atoms with van der Waals surface area (Å²) >= 11 is 0. The Morgan fingerprint density at radius 1 is 1.35 bits per heavy atom. The van der Waals surface area contributed by atoms with E-state index in [-0.39, 0.29) is 0 Å². The SMILES string of the molecule is CC1(C)[C@H](C(=O)O)N2C(=O)[C@@H](NCC(=O)O)[C@H]2S1(=O)=O. The van der Waals surface area contributed by atoms with Crippen LogP contribution in [0.1, 0.15) is 13.8 Å². The lowest BCUT2D eigenvalue weighted by atomic mass is 9.96. The van der Waals surface area contributed by atoms with Gasteiger partial charge in [0.1, 0.15) is 16.8 Å². The summed E-state index contributed by atoms with van der Waals surface area (Å²) in [6.45, 7) is 1.93. The smallest absolute Gasteiger partial charge is 0.328 e. The van der Waals surface area contributed by atoms with E-state index in [2.05, 4.69) is 5.32 Å². The van der Waals surface area contributed by atoms with Gasteiger partial charge in [-0.2, -0.15) is 0 Å². The molecule has 3 atom stereocenters. The molecule has 112 valence electrons. The zero-order chi connectivity index (χ0) is 15.5. The number of β-lactam (4-membered cyclic amide) rings is 1. The summed E-state index contributed by atoms with van der Waals surface area (Å²) in [4.78, 5) is 34.4. The summed E-state index contributed by atoms with van der Waals surface area (Å²) in [6.07, 6.45) is 0. The third kappa shape index (κ3) is 1.64. The maximum Gasteiger partial charge on any atom is 0.328 e. The number of sulfone groups is 1. The molecule has 0 spiro atoms. The van der Waals surface area contributed by atoms with Gasteiger partial charge in [0.25, 0.3) is 0 Å². The maximum atomic E-state index is 12.3. The molecule has 20 heavy (non-hydrogen) atoms. The van der Waals surface area contributed by atoms with Crippen LogP contribution >= 0.6 is 0 Å². The number of aliphatic carboxylic acids is 2. The zero-order valence-electron chi connectivity index (χ0n) is 10.7. The molecule has 0 aromatic rings. The van der Waals surface area contributed by atoms with Gasteiger partial charge in [-0.3, -0.25) is 14.9 Å². The lowest BCUT2D eigenvalue weighted by Gasteiger charge is -2.42. The molecular weight excluding hydrogens is 292 g/mol. The van der Waals surface area contributed by atoms with Gasteiger partial charge in [0.15, 0.2) is 15.2 Å². The minimum absolute atomic E-state index is 0.575. The molecule has 3 N–H and O–H groups in total. The molecule has 0 radical (unpaired) electrons. The summed E-state index contributed by atoms with van der Waals surface area (Å²) in [6, 6.07) is -2.67. The van der Waals surface area contributed by atoms with Gasteiger partial charge in [0.2, 0.25) is 5.91 Å². The summed E-state index contributed by atoms with van der Waals surface area (Å²) < 4.78 is 23.1. The number of carbonyl (C=O) groups excluding carboxylic acids is 1. The van der Waals surface area contributed by atoms with E-state index in [0.29, 0.717) is 0 Å². The summed E-state index contributed by atoms with van der Waals surface area (Å²) in [5.74, 6) is -3.34. The number of amides is 1. The molecule has 9 nitrogen and oxygen atoms in total. The monoisotopic (exact) mass is 306 g/mol. The largest absolute Gasteiger partial charge is 0.480 e. The first-order valence-corrected chi connectivity index (χ1v) is 7.31. The van der Waals surface area contributed by atoms with E-state index in [1.54, 1.807) is 0 Å². The summed E-state index contributed by atoms with van der Waals surface area (Å²) in [5, 5.41) is 18.7. The zero-order valence-corrected chi connectivity index (χ0v) is 11.5. The van der Waals surface area contributed by atoms with Gasteiger partial charge in [-0.1, -0.05) is 0 Å². The second-order valence-electron chi connectivity index (χ2n) is 5.28. The van der Waals surface area contributed by atoms with Crippen LogP contribution in [0.4, 0.5) is 0 Å². The van der Waals surface area contributed by atoms with Crippen LogP contribution in [0.25, 0.3) is 0 Å². The second-order valence-corrected chi connectivity index (χ2v) is 7.90. The van der Waals surface area contributed by atoms with E-state index >= 15 is 0 Å². The van der Waals surface area contributed by atoms with Crippen molar-refractivity contribution in [3.8, 4) is 0 Å². The maximum absolute atomic E-state index is 12.3. The highest BCUT2D eigenvalue weighted by Gasteiger charge is 2.72. The average molecular weight is 306 g/mol. The molecule has 2 rings (SSSR count). The van der Waals surface area contributed by atoms with E-state index in [0.717, 1.165) is 4.90 Å². The van der Waals surface area contributed by atoms with Crippen LogP contribution in [0.2, 0.25) is 0 Å². The summed E-state index contributed by atoms with van der Waals surface area (Å²) in [7, 11) is -3.92. The highest BCUT2D eigenvalue weighted by Crippen LogP contribution is 2.45. The van der Waals surface area contributed by atoms with Crippen LogP contribution in [-0.2, 0) is 24.2 Å². The number of nitrogens with zero attached hydrogens (tertiary/aromatic N) is 1.